The molecule has 0 saturated heterocycles. The van der Waals surface area contributed by atoms with Crippen LogP contribution in [0.25, 0.3) is 0 Å². The molecule has 0 bridgehead atoms. The molecule has 2 rings (SSSR count). The molecule has 1 aliphatic rings. The van der Waals surface area contributed by atoms with Gasteiger partial charge in [0.05, 0.1) is 6.04 Å². The van der Waals surface area contributed by atoms with Gasteiger partial charge < -0.3 is 10.6 Å². The molecule has 1 unspecified atom stereocenters. The normalized spacial score (nSPS) is 21.1. The maximum atomic E-state index is 5.90. The molecule has 0 radical (unpaired) electrons. The number of hydrogen-bond acceptors (Lipinski definition) is 3. The first-order valence-corrected chi connectivity index (χ1v) is 4.84. The van der Waals surface area contributed by atoms with E-state index >= 15 is 0 Å². The Bertz CT molecular complexity index is 375. The van der Waals surface area contributed by atoms with Crippen LogP contribution >= 0.6 is 11.6 Å². The summed E-state index contributed by atoms with van der Waals surface area (Å²) in [5, 5.41) is 0.742. The summed E-state index contributed by atoms with van der Waals surface area (Å²) in [6.45, 7) is 0.826. The minimum atomic E-state index is 0.124. The molecule has 1 aliphatic heterocycles. The fourth-order valence-corrected chi connectivity index (χ4v) is 1.74. The summed E-state index contributed by atoms with van der Waals surface area (Å²) in [6, 6.07) is 7.87. The zero-order valence-corrected chi connectivity index (χ0v) is 8.70. The van der Waals surface area contributed by atoms with Crippen LogP contribution in [0.3, 0.4) is 0 Å². The molecule has 1 atom stereocenters. The molecule has 2 N–H and O–H groups in total. The molecule has 74 valence electrons. The summed E-state index contributed by atoms with van der Waals surface area (Å²) < 4.78 is 0. The molecular formula is C10H12ClN3. The first-order chi connectivity index (χ1) is 6.66. The number of nitrogens with two attached hydrogens (primary N) is 1. The van der Waals surface area contributed by atoms with Gasteiger partial charge in [-0.05, 0) is 17.7 Å². The predicted octanol–water partition coefficient (Wildman–Crippen LogP) is 1.64. The molecule has 0 amide bonds. The highest BCUT2D eigenvalue weighted by molar-refractivity contribution is 6.30. The molecule has 0 aliphatic carbocycles. The Morgan fingerprint density at radius 3 is 2.93 bits per heavy atom. The van der Waals surface area contributed by atoms with Gasteiger partial charge in [-0.3, -0.25) is 0 Å². The topological polar surface area (TPSA) is 41.6 Å². The Hall–Kier alpha value is -1.22. The van der Waals surface area contributed by atoms with E-state index in [1.807, 2.05) is 36.2 Å². The second-order valence-electron chi connectivity index (χ2n) is 3.44. The van der Waals surface area contributed by atoms with Crippen molar-refractivity contribution in [1.82, 2.24) is 4.90 Å². The minimum Gasteiger partial charge on any atom is -0.370 e. The van der Waals surface area contributed by atoms with E-state index in [1.54, 1.807) is 0 Å². The zero-order chi connectivity index (χ0) is 10.1. The standard InChI is InChI=1S/C10H12ClN3/c1-14-6-9(13-10(14)12)7-3-2-4-8(11)5-7/h2-5,9H,6H2,1H3,(H2,12,13). The van der Waals surface area contributed by atoms with Crippen molar-refractivity contribution in [3.63, 3.8) is 0 Å². The van der Waals surface area contributed by atoms with E-state index < -0.39 is 0 Å². The smallest absolute Gasteiger partial charge is 0.191 e. The van der Waals surface area contributed by atoms with Crippen LogP contribution in [-0.4, -0.2) is 24.5 Å². The Balaban J connectivity index is 2.26. The largest absolute Gasteiger partial charge is 0.370 e. The molecule has 1 aromatic rings. The highest BCUT2D eigenvalue weighted by Gasteiger charge is 2.21. The van der Waals surface area contributed by atoms with Crippen LogP contribution < -0.4 is 5.73 Å². The molecule has 0 aromatic heterocycles. The van der Waals surface area contributed by atoms with Gasteiger partial charge in [0.2, 0.25) is 0 Å². The summed E-state index contributed by atoms with van der Waals surface area (Å²) in [4.78, 5) is 6.28. The molecule has 0 spiro atoms. The molecule has 0 fully saturated rings. The Labute approximate surface area is 88.2 Å². The fourth-order valence-electron chi connectivity index (χ4n) is 1.55. The first-order valence-electron chi connectivity index (χ1n) is 4.46. The van der Waals surface area contributed by atoms with Gasteiger partial charge in [-0.15, -0.1) is 0 Å². The molecular weight excluding hydrogens is 198 g/mol. The number of rotatable bonds is 1. The van der Waals surface area contributed by atoms with Crippen molar-refractivity contribution in [3.8, 4) is 0 Å². The number of nitrogens with zero attached hydrogens (tertiary/aromatic N) is 2. The molecule has 3 nitrogen and oxygen atoms in total. The number of aliphatic imine (C=N–C) groups is 1. The predicted molar refractivity (Wildman–Crippen MR) is 58.4 cm³/mol. The second kappa shape index (κ2) is 3.50. The zero-order valence-electron chi connectivity index (χ0n) is 7.94. The number of benzene rings is 1. The Morgan fingerprint density at radius 2 is 2.36 bits per heavy atom. The third-order valence-corrected chi connectivity index (χ3v) is 2.59. The number of likely N-dealkylation sites (N-methyl/N-ethyl adjacent to an activating group) is 1. The van der Waals surface area contributed by atoms with Crippen LogP contribution in [-0.2, 0) is 0 Å². The van der Waals surface area contributed by atoms with Crippen molar-refractivity contribution in [2.45, 2.75) is 6.04 Å². The lowest BCUT2D eigenvalue weighted by atomic mass is 10.1. The molecule has 14 heavy (non-hydrogen) atoms. The molecule has 4 heteroatoms. The fraction of sp³-hybridized carbons (Fsp3) is 0.300. The van der Waals surface area contributed by atoms with E-state index in [-0.39, 0.29) is 6.04 Å². The van der Waals surface area contributed by atoms with E-state index in [0.717, 1.165) is 17.1 Å². The van der Waals surface area contributed by atoms with Crippen molar-refractivity contribution >= 4 is 17.6 Å². The van der Waals surface area contributed by atoms with Gasteiger partial charge in [-0.1, -0.05) is 23.7 Å². The highest BCUT2D eigenvalue weighted by Crippen LogP contribution is 2.24. The Morgan fingerprint density at radius 1 is 1.57 bits per heavy atom. The van der Waals surface area contributed by atoms with Gasteiger partial charge in [0.1, 0.15) is 0 Å². The molecule has 1 aromatic carbocycles. The summed E-state index contributed by atoms with van der Waals surface area (Å²) in [5.74, 6) is 0.593. The average Bonchev–Trinajstić information content (AvgIpc) is 2.47. The van der Waals surface area contributed by atoms with E-state index in [0.29, 0.717) is 5.96 Å². The summed E-state index contributed by atoms with van der Waals surface area (Å²) in [7, 11) is 1.93. The molecule has 1 heterocycles. The first kappa shape index (κ1) is 9.34. The third-order valence-electron chi connectivity index (χ3n) is 2.36. The summed E-state index contributed by atoms with van der Waals surface area (Å²) in [5.41, 5.74) is 6.80. The van der Waals surface area contributed by atoms with Crippen molar-refractivity contribution in [1.29, 1.82) is 0 Å². The van der Waals surface area contributed by atoms with Crippen LogP contribution in [0.1, 0.15) is 11.6 Å². The van der Waals surface area contributed by atoms with Crippen LogP contribution in [0.4, 0.5) is 0 Å². The lowest BCUT2D eigenvalue weighted by molar-refractivity contribution is 0.504. The maximum absolute atomic E-state index is 5.90. The van der Waals surface area contributed by atoms with Gasteiger partial charge in [-0.2, -0.15) is 0 Å². The van der Waals surface area contributed by atoms with Crippen LogP contribution in [0, 0.1) is 0 Å². The van der Waals surface area contributed by atoms with Gasteiger partial charge in [0.15, 0.2) is 5.96 Å². The van der Waals surface area contributed by atoms with Crippen molar-refractivity contribution in [2.24, 2.45) is 10.7 Å². The lowest BCUT2D eigenvalue weighted by Gasteiger charge is -2.11. The van der Waals surface area contributed by atoms with Gasteiger partial charge >= 0.3 is 0 Å². The SMILES string of the molecule is CN1CC(c2cccc(Cl)c2)N=C1N. The Kier molecular flexibility index (Phi) is 2.33. The highest BCUT2D eigenvalue weighted by atomic mass is 35.5. The van der Waals surface area contributed by atoms with Crippen molar-refractivity contribution < 1.29 is 0 Å². The third kappa shape index (κ3) is 1.68. The lowest BCUT2D eigenvalue weighted by Crippen LogP contribution is -2.29. The van der Waals surface area contributed by atoms with Crippen LogP contribution in [0.2, 0.25) is 5.02 Å². The minimum absolute atomic E-state index is 0.124. The van der Waals surface area contributed by atoms with E-state index in [2.05, 4.69) is 4.99 Å². The summed E-state index contributed by atoms with van der Waals surface area (Å²) >= 11 is 5.90. The maximum Gasteiger partial charge on any atom is 0.191 e. The number of hydrogen-bond donors (Lipinski definition) is 1. The summed E-state index contributed by atoms with van der Waals surface area (Å²) in [6.07, 6.45) is 0. The van der Waals surface area contributed by atoms with Gasteiger partial charge in [0.25, 0.3) is 0 Å². The van der Waals surface area contributed by atoms with E-state index in [4.69, 9.17) is 17.3 Å². The van der Waals surface area contributed by atoms with E-state index in [9.17, 15) is 0 Å². The van der Waals surface area contributed by atoms with Gasteiger partial charge in [0, 0.05) is 18.6 Å². The monoisotopic (exact) mass is 209 g/mol. The number of halogens is 1. The van der Waals surface area contributed by atoms with Crippen molar-refractivity contribution in [2.75, 3.05) is 13.6 Å². The van der Waals surface area contributed by atoms with Gasteiger partial charge in [-0.25, -0.2) is 4.99 Å². The average molecular weight is 210 g/mol. The van der Waals surface area contributed by atoms with Crippen LogP contribution in [0.5, 0.6) is 0 Å². The van der Waals surface area contributed by atoms with E-state index in [1.165, 1.54) is 0 Å². The number of guanidine groups is 1. The van der Waals surface area contributed by atoms with Crippen LogP contribution in [0.15, 0.2) is 29.3 Å². The van der Waals surface area contributed by atoms with Crippen molar-refractivity contribution in [3.05, 3.63) is 34.9 Å². The quantitative estimate of drug-likeness (QED) is 0.764. The molecule has 0 saturated carbocycles. The second-order valence-corrected chi connectivity index (χ2v) is 3.88.